The average molecular weight is 371 g/mol. The highest BCUT2D eigenvalue weighted by Gasteiger charge is 2.40. The van der Waals surface area contributed by atoms with Crippen molar-refractivity contribution in [2.45, 2.75) is 64.6 Å². The van der Waals surface area contributed by atoms with Crippen molar-refractivity contribution < 1.29 is 19.4 Å². The molecule has 5 nitrogen and oxygen atoms in total. The van der Waals surface area contributed by atoms with Gasteiger partial charge in [0.15, 0.2) is 5.76 Å². The van der Waals surface area contributed by atoms with Crippen LogP contribution in [-0.4, -0.2) is 23.3 Å². The molecule has 0 saturated heterocycles. The number of carbonyl (C=O) groups excluding carboxylic acids is 1. The van der Waals surface area contributed by atoms with Gasteiger partial charge >= 0.3 is 0 Å². The highest BCUT2D eigenvalue weighted by atomic mass is 16.7. The summed E-state index contributed by atoms with van der Waals surface area (Å²) in [4.78, 5) is 12.7. The van der Waals surface area contributed by atoms with Gasteiger partial charge in [-0.15, -0.1) is 0 Å². The van der Waals surface area contributed by atoms with Crippen LogP contribution in [0.1, 0.15) is 50.2 Å². The molecule has 146 valence electrons. The maximum atomic E-state index is 12.7. The Morgan fingerprint density at radius 3 is 2.63 bits per heavy atom. The number of carbonyl (C=O) groups is 1. The Hall–Kier alpha value is -1.85. The second-order valence-electron chi connectivity index (χ2n) is 8.33. The van der Waals surface area contributed by atoms with Crippen molar-refractivity contribution in [3.63, 3.8) is 0 Å². The van der Waals surface area contributed by atoms with Crippen LogP contribution >= 0.6 is 0 Å². The van der Waals surface area contributed by atoms with Crippen molar-refractivity contribution in [3.8, 4) is 0 Å². The van der Waals surface area contributed by atoms with E-state index >= 15 is 0 Å². The van der Waals surface area contributed by atoms with Crippen LogP contribution in [-0.2, 0) is 27.5 Å². The van der Waals surface area contributed by atoms with E-state index < -0.39 is 6.29 Å². The SMILES string of the molecule is C[C@H]1C=C(C(=O)NC2CC3CCC2C3)O[C@@H](OCc2ccc(CO)cc2)C1. The second kappa shape index (κ2) is 8.03. The predicted molar refractivity (Wildman–Crippen MR) is 101 cm³/mol. The molecular weight excluding hydrogens is 342 g/mol. The lowest BCUT2D eigenvalue weighted by molar-refractivity contribution is -0.153. The number of hydrogen-bond donors (Lipinski definition) is 2. The van der Waals surface area contributed by atoms with E-state index in [1.54, 1.807) is 0 Å². The first-order valence-electron chi connectivity index (χ1n) is 10.1. The molecule has 2 bridgehead atoms. The summed E-state index contributed by atoms with van der Waals surface area (Å²) in [5.41, 5.74) is 1.90. The molecule has 5 heteroatoms. The number of aliphatic hydroxyl groups excluding tert-OH is 1. The van der Waals surface area contributed by atoms with Gasteiger partial charge in [0, 0.05) is 12.5 Å². The van der Waals surface area contributed by atoms with Crippen molar-refractivity contribution in [3.05, 3.63) is 47.2 Å². The quantitative estimate of drug-likeness (QED) is 0.805. The van der Waals surface area contributed by atoms with Crippen LogP contribution in [0.25, 0.3) is 0 Å². The van der Waals surface area contributed by atoms with Gasteiger partial charge in [0.1, 0.15) is 0 Å². The van der Waals surface area contributed by atoms with Gasteiger partial charge < -0.3 is 19.9 Å². The number of hydrogen-bond acceptors (Lipinski definition) is 4. The lowest BCUT2D eigenvalue weighted by Gasteiger charge is -2.29. The number of allylic oxidation sites excluding steroid dienone is 1. The van der Waals surface area contributed by atoms with Gasteiger partial charge in [-0.2, -0.15) is 0 Å². The first-order chi connectivity index (χ1) is 13.1. The fourth-order valence-corrected chi connectivity index (χ4v) is 4.68. The molecule has 2 N–H and O–H groups in total. The predicted octanol–water partition coefficient (Wildman–Crippen LogP) is 3.27. The van der Waals surface area contributed by atoms with Crippen LogP contribution < -0.4 is 5.32 Å². The van der Waals surface area contributed by atoms with Crippen LogP contribution in [0.4, 0.5) is 0 Å². The van der Waals surface area contributed by atoms with Crippen LogP contribution in [0.2, 0.25) is 0 Å². The van der Waals surface area contributed by atoms with Crippen molar-refractivity contribution in [1.29, 1.82) is 0 Å². The highest BCUT2D eigenvalue weighted by molar-refractivity contribution is 5.91. The van der Waals surface area contributed by atoms with E-state index in [2.05, 4.69) is 12.2 Å². The number of nitrogens with one attached hydrogen (secondary N) is 1. The van der Waals surface area contributed by atoms with E-state index in [0.29, 0.717) is 24.3 Å². The molecule has 2 saturated carbocycles. The van der Waals surface area contributed by atoms with Crippen LogP contribution in [0.3, 0.4) is 0 Å². The summed E-state index contributed by atoms with van der Waals surface area (Å²) in [6.07, 6.45) is 7.18. The van der Waals surface area contributed by atoms with Gasteiger partial charge in [-0.3, -0.25) is 4.79 Å². The fraction of sp³-hybridized carbons (Fsp3) is 0.591. The van der Waals surface area contributed by atoms with Crippen molar-refractivity contribution in [2.75, 3.05) is 0 Å². The Bertz CT molecular complexity index is 699. The summed E-state index contributed by atoms with van der Waals surface area (Å²) in [7, 11) is 0. The molecule has 1 aliphatic heterocycles. The van der Waals surface area contributed by atoms with Crippen molar-refractivity contribution in [1.82, 2.24) is 5.32 Å². The highest BCUT2D eigenvalue weighted by Crippen LogP contribution is 2.44. The third kappa shape index (κ3) is 4.36. The minimum atomic E-state index is -0.414. The Kier molecular flexibility index (Phi) is 5.50. The number of rotatable bonds is 6. The summed E-state index contributed by atoms with van der Waals surface area (Å²) in [5, 5.41) is 12.3. The van der Waals surface area contributed by atoms with Gasteiger partial charge in [-0.05, 0) is 54.2 Å². The van der Waals surface area contributed by atoms with E-state index in [1.807, 2.05) is 30.3 Å². The van der Waals surface area contributed by atoms with Crippen LogP contribution in [0.5, 0.6) is 0 Å². The number of amides is 1. The van der Waals surface area contributed by atoms with E-state index in [1.165, 1.54) is 19.3 Å². The molecule has 1 aromatic carbocycles. The Morgan fingerprint density at radius 1 is 1.19 bits per heavy atom. The van der Waals surface area contributed by atoms with Crippen LogP contribution in [0.15, 0.2) is 36.1 Å². The van der Waals surface area contributed by atoms with Gasteiger partial charge in [-0.25, -0.2) is 0 Å². The molecular formula is C22H29NO4. The fourth-order valence-electron chi connectivity index (χ4n) is 4.68. The lowest BCUT2D eigenvalue weighted by Crippen LogP contribution is -2.41. The van der Waals surface area contributed by atoms with Crippen LogP contribution in [0, 0.1) is 17.8 Å². The topological polar surface area (TPSA) is 67.8 Å². The third-order valence-corrected chi connectivity index (χ3v) is 6.18. The molecule has 0 radical (unpaired) electrons. The normalized spacial score (nSPS) is 32.1. The molecule has 0 spiro atoms. The molecule has 1 aromatic rings. The molecule has 1 heterocycles. The van der Waals surface area contributed by atoms with E-state index in [4.69, 9.17) is 14.6 Å². The van der Waals surface area contributed by atoms with E-state index in [-0.39, 0.29) is 18.4 Å². The summed E-state index contributed by atoms with van der Waals surface area (Å²) in [6, 6.07) is 7.96. The Balaban J connectivity index is 1.30. The van der Waals surface area contributed by atoms with Gasteiger partial charge in [0.25, 0.3) is 5.91 Å². The molecule has 4 rings (SSSR count). The minimum absolute atomic E-state index is 0.0379. The van der Waals surface area contributed by atoms with E-state index in [9.17, 15) is 4.79 Å². The zero-order valence-corrected chi connectivity index (χ0v) is 15.9. The molecule has 2 fully saturated rings. The summed E-state index contributed by atoms with van der Waals surface area (Å²) in [6.45, 7) is 2.54. The number of aliphatic hydroxyl groups is 1. The zero-order chi connectivity index (χ0) is 18.8. The molecule has 0 aromatic heterocycles. The smallest absolute Gasteiger partial charge is 0.286 e. The Morgan fingerprint density at radius 2 is 1.96 bits per heavy atom. The summed E-state index contributed by atoms with van der Waals surface area (Å²) in [5.74, 6) is 1.99. The summed E-state index contributed by atoms with van der Waals surface area (Å²) >= 11 is 0. The third-order valence-electron chi connectivity index (χ3n) is 6.18. The largest absolute Gasteiger partial charge is 0.459 e. The van der Waals surface area contributed by atoms with Crippen molar-refractivity contribution >= 4 is 5.91 Å². The molecule has 1 amide bonds. The van der Waals surface area contributed by atoms with Gasteiger partial charge in [-0.1, -0.05) is 37.6 Å². The number of ether oxygens (including phenoxy) is 2. The first-order valence-corrected chi connectivity index (χ1v) is 10.1. The minimum Gasteiger partial charge on any atom is -0.459 e. The molecule has 3 aliphatic rings. The number of fused-ring (bicyclic) bond motifs is 2. The standard InChI is InChI=1S/C22H29NO4/c1-14-8-20(22(25)23-19-11-17-6-7-18(19)10-17)27-21(9-14)26-13-16-4-2-15(12-24)3-5-16/h2-5,8,14,17-19,21,24H,6-7,9-13H2,1H3,(H,23,25)/t14-,17?,18?,19?,21+/m0/s1. The monoisotopic (exact) mass is 371 g/mol. The molecule has 5 atom stereocenters. The average Bonchev–Trinajstić information content (AvgIpc) is 3.29. The first kappa shape index (κ1) is 18.5. The maximum absolute atomic E-state index is 12.7. The van der Waals surface area contributed by atoms with Crippen molar-refractivity contribution in [2.24, 2.45) is 17.8 Å². The molecule has 3 unspecified atom stereocenters. The molecule has 2 aliphatic carbocycles. The van der Waals surface area contributed by atoms with E-state index in [0.717, 1.165) is 29.9 Å². The van der Waals surface area contributed by atoms with Gasteiger partial charge in [0.2, 0.25) is 6.29 Å². The Labute approximate surface area is 160 Å². The zero-order valence-electron chi connectivity index (χ0n) is 15.9. The lowest BCUT2D eigenvalue weighted by atomic mass is 9.95. The second-order valence-corrected chi connectivity index (χ2v) is 8.33. The summed E-state index contributed by atoms with van der Waals surface area (Å²) < 4.78 is 11.8. The number of benzene rings is 1. The van der Waals surface area contributed by atoms with Gasteiger partial charge in [0.05, 0.1) is 13.2 Å². The maximum Gasteiger partial charge on any atom is 0.286 e. The molecule has 27 heavy (non-hydrogen) atoms.